The minimum Gasteiger partial charge on any atom is -0.481 e. The van der Waals surface area contributed by atoms with E-state index in [0.717, 1.165) is 51.4 Å². The number of carbonyl (C=O) groups excluding carboxylic acids is 2. The molecule has 0 aliphatic heterocycles. The van der Waals surface area contributed by atoms with Gasteiger partial charge in [-0.05, 0) is 56.6 Å². The van der Waals surface area contributed by atoms with Crippen LogP contribution in [-0.4, -0.2) is 45.8 Å². The van der Waals surface area contributed by atoms with E-state index >= 15 is 0 Å². The highest BCUT2D eigenvalue weighted by Gasteiger charge is 2.45. The number of carboxylic acids is 2. The number of hydrogen-bond acceptors (Lipinski definition) is 6. The van der Waals surface area contributed by atoms with Crippen LogP contribution in [0, 0.1) is 11.8 Å². The molecule has 3 atom stereocenters. The van der Waals surface area contributed by atoms with Gasteiger partial charge in [0.1, 0.15) is 11.7 Å². The van der Waals surface area contributed by atoms with Gasteiger partial charge in [-0.25, -0.2) is 9.59 Å². The molecule has 1 rings (SSSR count). The van der Waals surface area contributed by atoms with Gasteiger partial charge in [0.25, 0.3) is 0 Å². The number of hydrogen-bond donors (Lipinski definition) is 2. The van der Waals surface area contributed by atoms with E-state index in [1.54, 1.807) is 19.1 Å². The zero-order valence-electron chi connectivity index (χ0n) is 25.8. The minimum absolute atomic E-state index is 0.0146. The van der Waals surface area contributed by atoms with Gasteiger partial charge in [0.15, 0.2) is 0 Å². The Morgan fingerprint density at radius 1 is 0.780 bits per heavy atom. The number of carboxylic acid groups (broad SMARTS) is 2. The number of rotatable bonds is 22. The number of carbonyl (C=O) groups is 4. The molecule has 2 N–H and O–H groups in total. The topological polar surface area (TPSA) is 127 Å². The number of aromatic carboxylic acids is 1. The summed E-state index contributed by atoms with van der Waals surface area (Å²) >= 11 is 0. The van der Waals surface area contributed by atoms with Crippen molar-refractivity contribution in [1.82, 2.24) is 0 Å². The SMILES string of the molecule is CCCCC(CC)CC(CC(CC)CCCC)(OC(=O)CCCCC(=O)O)C(C)OC(=O)c1ccccc1C(=O)O. The highest BCUT2D eigenvalue weighted by Crippen LogP contribution is 2.39. The van der Waals surface area contributed by atoms with Gasteiger partial charge in [0.2, 0.25) is 0 Å². The van der Waals surface area contributed by atoms with E-state index in [9.17, 15) is 24.3 Å². The number of aliphatic carboxylic acids is 1. The number of ether oxygens (including phenoxy) is 2. The first kappa shape index (κ1) is 36.1. The van der Waals surface area contributed by atoms with Gasteiger partial charge in [-0.15, -0.1) is 0 Å². The molecular formula is C33H52O8. The van der Waals surface area contributed by atoms with Crippen LogP contribution in [0.25, 0.3) is 0 Å². The van der Waals surface area contributed by atoms with E-state index in [0.29, 0.717) is 25.7 Å². The van der Waals surface area contributed by atoms with Gasteiger partial charge in [-0.1, -0.05) is 91.2 Å². The van der Waals surface area contributed by atoms with Crippen LogP contribution in [-0.2, 0) is 19.1 Å². The lowest BCUT2D eigenvalue weighted by atomic mass is 9.75. The molecule has 8 heteroatoms. The minimum atomic E-state index is -1.22. The van der Waals surface area contributed by atoms with Crippen molar-refractivity contribution in [3.63, 3.8) is 0 Å². The van der Waals surface area contributed by atoms with Crippen LogP contribution in [0.15, 0.2) is 24.3 Å². The monoisotopic (exact) mass is 576 g/mol. The highest BCUT2D eigenvalue weighted by atomic mass is 16.6. The van der Waals surface area contributed by atoms with Gasteiger partial charge in [-0.2, -0.15) is 0 Å². The maximum atomic E-state index is 13.4. The fourth-order valence-electron chi connectivity index (χ4n) is 5.45. The number of benzene rings is 1. The molecule has 0 saturated heterocycles. The molecule has 3 unspecified atom stereocenters. The van der Waals surface area contributed by atoms with Crippen LogP contribution in [0.5, 0.6) is 0 Å². The average Bonchev–Trinajstić information content (AvgIpc) is 2.95. The van der Waals surface area contributed by atoms with Crippen molar-refractivity contribution in [3.05, 3.63) is 35.4 Å². The molecule has 1 aromatic carbocycles. The lowest BCUT2D eigenvalue weighted by Gasteiger charge is -2.42. The second-order valence-electron chi connectivity index (χ2n) is 11.3. The summed E-state index contributed by atoms with van der Waals surface area (Å²) in [5, 5.41) is 18.6. The second kappa shape index (κ2) is 19.3. The van der Waals surface area contributed by atoms with Crippen molar-refractivity contribution in [2.24, 2.45) is 11.8 Å². The van der Waals surface area contributed by atoms with Crippen molar-refractivity contribution in [2.45, 2.75) is 136 Å². The van der Waals surface area contributed by atoms with E-state index in [2.05, 4.69) is 27.7 Å². The second-order valence-corrected chi connectivity index (χ2v) is 11.3. The molecule has 0 saturated carbocycles. The zero-order valence-corrected chi connectivity index (χ0v) is 25.8. The predicted molar refractivity (Wildman–Crippen MR) is 159 cm³/mol. The van der Waals surface area contributed by atoms with Gasteiger partial charge in [-0.3, -0.25) is 9.59 Å². The van der Waals surface area contributed by atoms with Gasteiger partial charge < -0.3 is 19.7 Å². The average molecular weight is 577 g/mol. The Bertz CT molecular complexity index is 938. The van der Waals surface area contributed by atoms with Crippen molar-refractivity contribution < 1.29 is 38.9 Å². The largest absolute Gasteiger partial charge is 0.481 e. The van der Waals surface area contributed by atoms with E-state index in [-0.39, 0.29) is 35.8 Å². The third-order valence-corrected chi connectivity index (χ3v) is 8.10. The molecule has 0 aliphatic rings. The Morgan fingerprint density at radius 2 is 1.29 bits per heavy atom. The molecule has 0 fully saturated rings. The smallest absolute Gasteiger partial charge is 0.339 e. The molecule has 0 radical (unpaired) electrons. The molecule has 8 nitrogen and oxygen atoms in total. The highest BCUT2D eigenvalue weighted by molar-refractivity contribution is 6.02. The molecule has 41 heavy (non-hydrogen) atoms. The Morgan fingerprint density at radius 3 is 1.76 bits per heavy atom. The molecule has 0 bridgehead atoms. The summed E-state index contributed by atoms with van der Waals surface area (Å²) in [5.74, 6) is -2.84. The van der Waals surface area contributed by atoms with E-state index in [1.165, 1.54) is 12.1 Å². The normalized spacial score (nSPS) is 14.9. The van der Waals surface area contributed by atoms with E-state index < -0.39 is 35.6 Å². The summed E-state index contributed by atoms with van der Waals surface area (Å²) in [6.07, 6.45) is 8.88. The molecule has 0 amide bonds. The summed E-state index contributed by atoms with van der Waals surface area (Å²) in [5.41, 5.74) is -1.29. The Hall–Kier alpha value is -2.90. The Balaban J connectivity index is 3.47. The standard InChI is InChI=1S/C33H52O8/c1-6-10-16-25(8-3)22-33(23-26(9-4)17-11-7-2,41-30(36)21-15-14-20-29(34)35)24(5)40-32(39)28-19-13-12-18-27(28)31(37)38/h12-13,18-19,24-26H,6-11,14-17,20-23H2,1-5H3,(H,34,35)(H,37,38). The lowest BCUT2D eigenvalue weighted by molar-refractivity contribution is -0.181. The van der Waals surface area contributed by atoms with Gasteiger partial charge in [0.05, 0.1) is 11.1 Å². The van der Waals surface area contributed by atoms with Crippen LogP contribution in [0.3, 0.4) is 0 Å². The maximum absolute atomic E-state index is 13.4. The van der Waals surface area contributed by atoms with E-state index in [1.807, 2.05) is 0 Å². The molecule has 1 aromatic rings. The molecule has 232 valence electrons. The molecule has 0 spiro atoms. The fraction of sp³-hybridized carbons (Fsp3) is 0.697. The predicted octanol–water partition coefficient (Wildman–Crippen LogP) is 8.07. The summed E-state index contributed by atoms with van der Waals surface area (Å²) in [6.45, 7) is 10.3. The molecule has 0 heterocycles. The Kier molecular flexibility index (Phi) is 17.0. The van der Waals surface area contributed by atoms with Crippen LogP contribution >= 0.6 is 0 Å². The van der Waals surface area contributed by atoms with Crippen LogP contribution < -0.4 is 0 Å². The summed E-state index contributed by atoms with van der Waals surface area (Å²) in [4.78, 5) is 49.4. The van der Waals surface area contributed by atoms with Crippen molar-refractivity contribution >= 4 is 23.9 Å². The lowest BCUT2D eigenvalue weighted by Crippen LogP contribution is -2.50. The zero-order chi connectivity index (χ0) is 30.8. The third-order valence-electron chi connectivity index (χ3n) is 8.10. The fourth-order valence-corrected chi connectivity index (χ4v) is 5.45. The van der Waals surface area contributed by atoms with Gasteiger partial charge >= 0.3 is 23.9 Å². The van der Waals surface area contributed by atoms with E-state index in [4.69, 9.17) is 14.6 Å². The maximum Gasteiger partial charge on any atom is 0.339 e. The summed E-state index contributed by atoms with van der Waals surface area (Å²) in [7, 11) is 0. The Labute approximate surface area is 246 Å². The number of unbranched alkanes of at least 4 members (excludes halogenated alkanes) is 3. The summed E-state index contributed by atoms with van der Waals surface area (Å²) in [6, 6.07) is 5.94. The summed E-state index contributed by atoms with van der Waals surface area (Å²) < 4.78 is 12.4. The first-order chi connectivity index (χ1) is 19.5. The first-order valence-electron chi connectivity index (χ1n) is 15.5. The third kappa shape index (κ3) is 12.7. The number of esters is 2. The van der Waals surface area contributed by atoms with Crippen LogP contribution in [0.4, 0.5) is 0 Å². The first-order valence-corrected chi connectivity index (χ1v) is 15.5. The van der Waals surface area contributed by atoms with Crippen molar-refractivity contribution in [3.8, 4) is 0 Å². The quantitative estimate of drug-likeness (QED) is 0.105. The van der Waals surface area contributed by atoms with Crippen LogP contribution in [0.2, 0.25) is 0 Å². The molecular weight excluding hydrogens is 524 g/mol. The van der Waals surface area contributed by atoms with Gasteiger partial charge in [0, 0.05) is 12.8 Å². The van der Waals surface area contributed by atoms with Crippen LogP contribution in [0.1, 0.15) is 145 Å². The van der Waals surface area contributed by atoms with Crippen molar-refractivity contribution in [1.29, 1.82) is 0 Å². The molecule has 0 aromatic heterocycles. The van der Waals surface area contributed by atoms with Crippen molar-refractivity contribution in [2.75, 3.05) is 0 Å². The molecule has 0 aliphatic carbocycles.